The minimum Gasteiger partial charge on any atom is -0.494 e. The first-order valence-electron chi connectivity index (χ1n) is 6.84. The van der Waals surface area contributed by atoms with E-state index in [1.165, 1.54) is 0 Å². The smallest absolute Gasteiger partial charge is 0.251 e. The van der Waals surface area contributed by atoms with Gasteiger partial charge in [0.1, 0.15) is 5.75 Å². The molecule has 0 radical (unpaired) electrons. The van der Waals surface area contributed by atoms with Crippen molar-refractivity contribution in [3.8, 4) is 5.75 Å². The standard InChI is InChI=1S/C15H21NO3/c1-3-18-14-7-6-12(9-11(14)2)15(17)16-10-13-5-4-8-19-13/h6-7,9,13H,3-5,8,10H2,1-2H3,(H,16,17)/t13-/m1/s1. The van der Waals surface area contributed by atoms with E-state index >= 15 is 0 Å². The van der Waals surface area contributed by atoms with Crippen molar-refractivity contribution >= 4 is 5.91 Å². The molecule has 1 N–H and O–H groups in total. The third kappa shape index (κ3) is 3.70. The van der Waals surface area contributed by atoms with Gasteiger partial charge in [-0.25, -0.2) is 0 Å². The summed E-state index contributed by atoms with van der Waals surface area (Å²) in [6.07, 6.45) is 2.29. The number of amides is 1. The molecule has 1 aromatic rings. The van der Waals surface area contributed by atoms with Crippen molar-refractivity contribution < 1.29 is 14.3 Å². The summed E-state index contributed by atoms with van der Waals surface area (Å²) < 4.78 is 10.9. The van der Waals surface area contributed by atoms with E-state index in [-0.39, 0.29) is 12.0 Å². The quantitative estimate of drug-likeness (QED) is 0.886. The zero-order valence-electron chi connectivity index (χ0n) is 11.6. The summed E-state index contributed by atoms with van der Waals surface area (Å²) in [5.41, 5.74) is 1.64. The number of aryl methyl sites for hydroxylation is 1. The van der Waals surface area contributed by atoms with Gasteiger partial charge in [0.2, 0.25) is 0 Å². The maximum atomic E-state index is 12.0. The lowest BCUT2D eigenvalue weighted by Crippen LogP contribution is -2.31. The van der Waals surface area contributed by atoms with E-state index in [2.05, 4.69) is 5.32 Å². The fraction of sp³-hybridized carbons (Fsp3) is 0.533. The van der Waals surface area contributed by atoms with Crippen molar-refractivity contribution in [1.82, 2.24) is 5.32 Å². The van der Waals surface area contributed by atoms with Gasteiger partial charge in [0, 0.05) is 18.7 Å². The van der Waals surface area contributed by atoms with Crippen LogP contribution in [0.2, 0.25) is 0 Å². The van der Waals surface area contributed by atoms with Crippen LogP contribution in [0.3, 0.4) is 0 Å². The van der Waals surface area contributed by atoms with Crippen LogP contribution in [-0.2, 0) is 4.74 Å². The van der Waals surface area contributed by atoms with Crippen molar-refractivity contribution in [1.29, 1.82) is 0 Å². The highest BCUT2D eigenvalue weighted by molar-refractivity contribution is 5.94. The number of rotatable bonds is 5. The van der Waals surface area contributed by atoms with Crippen molar-refractivity contribution in [2.45, 2.75) is 32.8 Å². The van der Waals surface area contributed by atoms with Gasteiger partial charge in [-0.05, 0) is 50.5 Å². The molecule has 0 bridgehead atoms. The molecule has 1 heterocycles. The van der Waals surface area contributed by atoms with Crippen LogP contribution in [-0.4, -0.2) is 31.8 Å². The first kappa shape index (κ1) is 13.9. The molecular formula is C15H21NO3. The average molecular weight is 263 g/mol. The topological polar surface area (TPSA) is 47.6 Å². The monoisotopic (exact) mass is 263 g/mol. The van der Waals surface area contributed by atoms with Crippen LogP contribution >= 0.6 is 0 Å². The molecule has 1 saturated heterocycles. The molecule has 1 aliphatic heterocycles. The molecule has 0 unspecified atom stereocenters. The van der Waals surface area contributed by atoms with Gasteiger partial charge in [0.15, 0.2) is 0 Å². The van der Waals surface area contributed by atoms with Gasteiger partial charge >= 0.3 is 0 Å². The lowest BCUT2D eigenvalue weighted by atomic mass is 10.1. The van der Waals surface area contributed by atoms with Crippen LogP contribution < -0.4 is 10.1 Å². The number of hydrogen-bond acceptors (Lipinski definition) is 3. The first-order valence-corrected chi connectivity index (χ1v) is 6.84. The van der Waals surface area contributed by atoms with E-state index < -0.39 is 0 Å². The summed E-state index contributed by atoms with van der Waals surface area (Å²) in [6, 6.07) is 5.50. The molecule has 1 aliphatic rings. The number of hydrogen-bond donors (Lipinski definition) is 1. The van der Waals surface area contributed by atoms with E-state index in [4.69, 9.17) is 9.47 Å². The van der Waals surface area contributed by atoms with Gasteiger partial charge in [-0.1, -0.05) is 0 Å². The minimum atomic E-state index is -0.0540. The van der Waals surface area contributed by atoms with Crippen molar-refractivity contribution in [3.63, 3.8) is 0 Å². The van der Waals surface area contributed by atoms with Crippen molar-refractivity contribution in [2.75, 3.05) is 19.8 Å². The molecule has 1 atom stereocenters. The molecule has 4 heteroatoms. The summed E-state index contributed by atoms with van der Waals surface area (Å²) in [5, 5.41) is 2.91. The van der Waals surface area contributed by atoms with Crippen LogP contribution in [0.15, 0.2) is 18.2 Å². The zero-order chi connectivity index (χ0) is 13.7. The second-order valence-electron chi connectivity index (χ2n) is 4.76. The van der Waals surface area contributed by atoms with Crippen LogP contribution in [0.1, 0.15) is 35.7 Å². The zero-order valence-corrected chi connectivity index (χ0v) is 11.6. The van der Waals surface area contributed by atoms with Gasteiger partial charge in [0.05, 0.1) is 12.7 Å². The van der Waals surface area contributed by atoms with Crippen LogP contribution in [0.25, 0.3) is 0 Å². The van der Waals surface area contributed by atoms with Gasteiger partial charge in [0.25, 0.3) is 5.91 Å². The highest BCUT2D eigenvalue weighted by Crippen LogP contribution is 2.19. The molecule has 1 amide bonds. The van der Waals surface area contributed by atoms with Crippen LogP contribution in [0.5, 0.6) is 5.75 Å². The third-order valence-electron chi connectivity index (χ3n) is 3.25. The van der Waals surface area contributed by atoms with E-state index in [0.29, 0.717) is 18.7 Å². The summed E-state index contributed by atoms with van der Waals surface area (Å²) in [6.45, 7) is 5.92. The third-order valence-corrected chi connectivity index (χ3v) is 3.25. The van der Waals surface area contributed by atoms with Crippen LogP contribution in [0.4, 0.5) is 0 Å². The Morgan fingerprint density at radius 3 is 3.00 bits per heavy atom. The number of carbonyl (C=O) groups excluding carboxylic acids is 1. The molecule has 0 saturated carbocycles. The Balaban J connectivity index is 1.92. The Kier molecular flexibility index (Phi) is 4.80. The lowest BCUT2D eigenvalue weighted by molar-refractivity contribution is 0.0857. The maximum absolute atomic E-state index is 12.0. The fourth-order valence-electron chi connectivity index (χ4n) is 2.22. The Morgan fingerprint density at radius 1 is 1.53 bits per heavy atom. The number of carbonyl (C=O) groups is 1. The molecule has 0 aliphatic carbocycles. The summed E-state index contributed by atoms with van der Waals surface area (Å²) in [7, 11) is 0. The number of ether oxygens (including phenoxy) is 2. The van der Waals surface area contributed by atoms with E-state index in [0.717, 1.165) is 30.8 Å². The molecule has 104 valence electrons. The highest BCUT2D eigenvalue weighted by atomic mass is 16.5. The Hall–Kier alpha value is -1.55. The highest BCUT2D eigenvalue weighted by Gasteiger charge is 2.16. The molecule has 4 nitrogen and oxygen atoms in total. The molecule has 0 aromatic heterocycles. The van der Waals surface area contributed by atoms with E-state index in [1.807, 2.05) is 26.0 Å². The van der Waals surface area contributed by atoms with Gasteiger partial charge < -0.3 is 14.8 Å². The Labute approximate surface area is 114 Å². The van der Waals surface area contributed by atoms with E-state index in [9.17, 15) is 4.79 Å². The SMILES string of the molecule is CCOc1ccc(C(=O)NC[C@H]2CCCO2)cc1C. The largest absolute Gasteiger partial charge is 0.494 e. The number of benzene rings is 1. The van der Waals surface area contributed by atoms with E-state index in [1.54, 1.807) is 6.07 Å². The molecule has 2 rings (SSSR count). The molecule has 0 spiro atoms. The average Bonchev–Trinajstić information content (AvgIpc) is 2.91. The molecule has 1 fully saturated rings. The van der Waals surface area contributed by atoms with Gasteiger partial charge in [-0.15, -0.1) is 0 Å². The summed E-state index contributed by atoms with van der Waals surface area (Å²) in [4.78, 5) is 12.0. The maximum Gasteiger partial charge on any atom is 0.251 e. The predicted molar refractivity (Wildman–Crippen MR) is 73.7 cm³/mol. The second-order valence-corrected chi connectivity index (χ2v) is 4.76. The lowest BCUT2D eigenvalue weighted by Gasteiger charge is -2.12. The Morgan fingerprint density at radius 2 is 2.37 bits per heavy atom. The van der Waals surface area contributed by atoms with Crippen LogP contribution in [0, 0.1) is 6.92 Å². The fourth-order valence-corrected chi connectivity index (χ4v) is 2.22. The second kappa shape index (κ2) is 6.57. The van der Waals surface area contributed by atoms with Crippen molar-refractivity contribution in [3.05, 3.63) is 29.3 Å². The van der Waals surface area contributed by atoms with Gasteiger partial charge in [-0.2, -0.15) is 0 Å². The first-order chi connectivity index (χ1) is 9.20. The predicted octanol–water partition coefficient (Wildman–Crippen LogP) is 2.30. The molecule has 19 heavy (non-hydrogen) atoms. The number of nitrogens with one attached hydrogen (secondary N) is 1. The molecular weight excluding hydrogens is 242 g/mol. The minimum absolute atomic E-state index is 0.0540. The Bertz CT molecular complexity index is 439. The normalized spacial score (nSPS) is 18.3. The molecule has 1 aromatic carbocycles. The van der Waals surface area contributed by atoms with Gasteiger partial charge in [-0.3, -0.25) is 4.79 Å². The summed E-state index contributed by atoms with van der Waals surface area (Å²) in [5.74, 6) is 0.778. The van der Waals surface area contributed by atoms with Crippen molar-refractivity contribution in [2.24, 2.45) is 0 Å². The summed E-state index contributed by atoms with van der Waals surface area (Å²) >= 11 is 0.